The van der Waals surface area contributed by atoms with Crippen LogP contribution in [0.1, 0.15) is 11.1 Å². The monoisotopic (exact) mass is 786 g/mol. The van der Waals surface area contributed by atoms with Crippen LogP contribution >= 0.6 is 7.26 Å². The first-order valence-electron chi connectivity index (χ1n) is 15.0. The molecule has 0 bridgehead atoms. The predicted octanol–water partition coefficient (Wildman–Crippen LogP) is 7.95. The van der Waals surface area contributed by atoms with Crippen molar-refractivity contribution in [2.24, 2.45) is 0 Å². The Morgan fingerprint density at radius 2 is 1.15 bits per heavy atom. The molecule has 0 amide bonds. The van der Waals surface area contributed by atoms with Gasteiger partial charge in [-0.25, -0.2) is 0 Å². The van der Waals surface area contributed by atoms with E-state index in [1.807, 2.05) is 12.1 Å². The molecule has 1 aliphatic rings. The summed E-state index contributed by atoms with van der Waals surface area (Å²) >= 11 is 1.76. The Kier molecular flexibility index (Phi) is 9.89. The van der Waals surface area contributed by atoms with Crippen molar-refractivity contribution >= 4 is 23.2 Å². The number of terminal acetylenes is 1. The molecular weight excluding hydrogens is 754 g/mol. The molecule has 3 heteroatoms. The molecule has 5 aromatic rings. The van der Waals surface area contributed by atoms with Crippen LogP contribution in [0.3, 0.4) is 0 Å². The van der Waals surface area contributed by atoms with E-state index in [9.17, 15) is 0 Å². The van der Waals surface area contributed by atoms with E-state index < -0.39 is 7.26 Å². The third-order valence-electron chi connectivity index (χ3n) is 8.02. The predicted molar refractivity (Wildman–Crippen MR) is 191 cm³/mol. The first-order valence-corrected chi connectivity index (χ1v) is 18.0. The minimum absolute atomic E-state index is 0.518. The zero-order valence-corrected chi connectivity index (χ0v) is 28.7. The summed E-state index contributed by atoms with van der Waals surface area (Å²) in [5.41, 5.74) is 7.02. The molecule has 0 radical (unpaired) electrons. The second-order valence-electron chi connectivity index (χ2n) is 10.8. The number of allylic oxidation sites excluding steroid dienone is 3. The van der Waals surface area contributed by atoms with E-state index in [1.54, 1.807) is 17.9 Å². The number of benzene rings is 5. The standard InChI is InChI=1S/C43H31OP.Os/c1-4-35-20-25-37(26-21-35)38-27-22-36(23-28-38)24-29-39(30-40-32-44-31-33(40)2)34(3)45(41-14-8-5-9-15-41,42-16-10-6-11-17-42)43-18-12-7-13-19-43;/h1,5-23,25-28,30H,2,31-32H2;/q+1;. The van der Waals surface area contributed by atoms with Crippen molar-refractivity contribution in [1.82, 2.24) is 0 Å². The van der Waals surface area contributed by atoms with Gasteiger partial charge in [0.1, 0.15) is 0 Å². The quantitative estimate of drug-likeness (QED) is 0.126. The fourth-order valence-corrected chi connectivity index (χ4v) is 11.4. The molecule has 1 heterocycles. The summed E-state index contributed by atoms with van der Waals surface area (Å²) in [6.07, 6.45) is 7.73. The first kappa shape index (κ1) is 31.2. The van der Waals surface area contributed by atoms with Crippen molar-refractivity contribution in [2.75, 3.05) is 13.2 Å². The van der Waals surface area contributed by atoms with Crippen LogP contribution in [0.4, 0.5) is 0 Å². The molecule has 221 valence electrons. The minimum atomic E-state index is -2.43. The molecule has 1 nitrogen and oxygen atoms in total. The number of hydrogen-bond acceptors (Lipinski definition) is 1. The van der Waals surface area contributed by atoms with Gasteiger partial charge in [0.2, 0.25) is 0 Å². The molecule has 0 aliphatic carbocycles. The van der Waals surface area contributed by atoms with Gasteiger partial charge < -0.3 is 0 Å². The van der Waals surface area contributed by atoms with Crippen molar-refractivity contribution < 1.29 is 22.7 Å². The summed E-state index contributed by atoms with van der Waals surface area (Å²) in [5, 5.41) is 4.85. The van der Waals surface area contributed by atoms with Crippen molar-refractivity contribution in [3.8, 4) is 39.7 Å². The van der Waals surface area contributed by atoms with E-state index in [0.717, 1.165) is 44.3 Å². The molecular formula is C43H31OOsP+. The van der Waals surface area contributed by atoms with Crippen LogP contribution in [-0.2, 0) is 22.7 Å². The van der Waals surface area contributed by atoms with Gasteiger partial charge in [-0.2, -0.15) is 0 Å². The Hall–Kier alpha value is -4.75. The zero-order valence-electron chi connectivity index (χ0n) is 25.3. The Morgan fingerprint density at radius 3 is 1.57 bits per heavy atom. The molecule has 0 atom stereocenters. The molecule has 1 fully saturated rings. The van der Waals surface area contributed by atoms with Crippen LogP contribution in [-0.4, -0.2) is 13.2 Å². The van der Waals surface area contributed by atoms with E-state index in [-0.39, 0.29) is 0 Å². The maximum absolute atomic E-state index is 5.80. The van der Waals surface area contributed by atoms with E-state index in [1.165, 1.54) is 15.9 Å². The van der Waals surface area contributed by atoms with Gasteiger partial charge in [-0.3, -0.25) is 0 Å². The molecule has 0 aromatic heterocycles. The maximum atomic E-state index is 5.80. The Labute approximate surface area is 282 Å². The summed E-state index contributed by atoms with van der Waals surface area (Å²) in [4.78, 5) is 0. The molecule has 0 spiro atoms. The number of hydrogen-bond donors (Lipinski definition) is 0. The Balaban J connectivity index is 1.58. The molecule has 1 aliphatic heterocycles. The van der Waals surface area contributed by atoms with Gasteiger partial charge in [-0.1, -0.05) is 5.92 Å². The molecule has 1 saturated heterocycles. The summed E-state index contributed by atoms with van der Waals surface area (Å²) < 4.78 is 9.53. The van der Waals surface area contributed by atoms with Crippen LogP contribution in [0.15, 0.2) is 174 Å². The van der Waals surface area contributed by atoms with Gasteiger partial charge in [-0.15, -0.1) is 6.42 Å². The Bertz CT molecular complexity index is 1970. The van der Waals surface area contributed by atoms with Crippen molar-refractivity contribution in [2.45, 2.75) is 0 Å². The van der Waals surface area contributed by atoms with Gasteiger partial charge in [0.25, 0.3) is 0 Å². The summed E-state index contributed by atoms with van der Waals surface area (Å²) in [5.74, 6) is 9.81. The number of rotatable bonds is 6. The fourth-order valence-electron chi connectivity index (χ4n) is 5.68. The molecule has 46 heavy (non-hydrogen) atoms. The average molecular weight is 785 g/mol. The molecule has 0 saturated carbocycles. The summed E-state index contributed by atoms with van der Waals surface area (Å²) in [7, 11) is -2.43. The van der Waals surface area contributed by atoms with Crippen molar-refractivity contribution in [1.29, 1.82) is 0 Å². The van der Waals surface area contributed by atoms with E-state index in [2.05, 4.69) is 162 Å². The molecule has 0 unspecified atom stereocenters. The summed E-state index contributed by atoms with van der Waals surface area (Å²) in [6, 6.07) is 48.9. The van der Waals surface area contributed by atoms with Crippen LogP contribution in [0.5, 0.6) is 0 Å². The van der Waals surface area contributed by atoms with E-state index in [4.69, 9.17) is 11.2 Å². The van der Waals surface area contributed by atoms with Crippen molar-refractivity contribution in [3.63, 3.8) is 0 Å². The Morgan fingerprint density at radius 1 is 0.674 bits per heavy atom. The van der Waals surface area contributed by atoms with Gasteiger partial charge >= 0.3 is 266 Å². The SMILES string of the molecule is C#Cc1ccc(-c2ccc(C#CC(C=C3COCC3=C)=C([C]#[Os])[P+](c3ccccc3)(c3ccccc3)c3ccccc3)cc2)cc1. The normalized spacial score (nSPS) is 14.1. The van der Waals surface area contributed by atoms with Gasteiger partial charge in [0.15, 0.2) is 0 Å². The zero-order chi connectivity index (χ0) is 31.8. The van der Waals surface area contributed by atoms with E-state index >= 15 is 0 Å². The van der Waals surface area contributed by atoms with Crippen molar-refractivity contribution in [3.05, 3.63) is 185 Å². The topological polar surface area (TPSA) is 9.23 Å². The average Bonchev–Trinajstić information content (AvgIpc) is 3.54. The molecule has 6 rings (SSSR count). The number of ether oxygens (including phenoxy) is 1. The first-order chi connectivity index (χ1) is 22.6. The fraction of sp³-hybridized carbons (Fsp3) is 0.0465. The third kappa shape index (κ3) is 6.46. The van der Waals surface area contributed by atoms with E-state index in [0.29, 0.717) is 13.2 Å². The van der Waals surface area contributed by atoms with Crippen LogP contribution in [0.25, 0.3) is 11.1 Å². The third-order valence-corrected chi connectivity index (χ3v) is 13.4. The van der Waals surface area contributed by atoms with Crippen LogP contribution < -0.4 is 15.9 Å². The summed E-state index contributed by atoms with van der Waals surface area (Å²) in [6.45, 7) is 5.34. The van der Waals surface area contributed by atoms with Gasteiger partial charge in [0, 0.05) is 5.56 Å². The molecule has 0 N–H and O–H groups in total. The molecule has 5 aromatic carbocycles. The van der Waals surface area contributed by atoms with Gasteiger partial charge in [0.05, 0.1) is 0 Å². The van der Waals surface area contributed by atoms with Crippen LogP contribution in [0, 0.1) is 28.6 Å². The van der Waals surface area contributed by atoms with Crippen LogP contribution in [0.2, 0.25) is 0 Å². The second kappa shape index (κ2) is 14.6. The van der Waals surface area contributed by atoms with Gasteiger partial charge in [-0.05, 0) is 0 Å². The second-order valence-corrected chi connectivity index (χ2v) is 14.8.